The number of hydrogen-bond acceptors (Lipinski definition) is 4. The molecule has 0 aromatic rings. The molecule has 4 nitrogen and oxygen atoms in total. The molecule has 4 heteroatoms. The van der Waals surface area contributed by atoms with Gasteiger partial charge in [0.05, 0.1) is 0 Å². The average Bonchev–Trinajstić information content (AvgIpc) is 2.26. The molecule has 3 atom stereocenters. The van der Waals surface area contributed by atoms with Crippen molar-refractivity contribution in [2.45, 2.75) is 70.0 Å². The summed E-state index contributed by atoms with van der Waals surface area (Å²) in [4.78, 5) is 0. The number of hydrogen-bond donors (Lipinski definition) is 4. The highest BCUT2D eigenvalue weighted by molar-refractivity contribution is 4.72. The lowest BCUT2D eigenvalue weighted by Gasteiger charge is -2.17. The molecule has 0 aliphatic rings. The molecule has 0 radical (unpaired) electrons. The van der Waals surface area contributed by atoms with Gasteiger partial charge in [-0.15, -0.1) is 0 Å². The summed E-state index contributed by atoms with van der Waals surface area (Å²) in [6.07, 6.45) is 7.58. The Morgan fingerprint density at radius 1 is 0.812 bits per heavy atom. The number of nitrogens with two attached hydrogens (primary N) is 4. The van der Waals surface area contributed by atoms with Crippen LogP contribution in [0.5, 0.6) is 0 Å². The average molecular weight is 230 g/mol. The van der Waals surface area contributed by atoms with Gasteiger partial charge in [0.2, 0.25) is 0 Å². The fourth-order valence-electron chi connectivity index (χ4n) is 1.86. The van der Waals surface area contributed by atoms with E-state index in [1.54, 1.807) is 0 Å². The largest absolute Gasteiger partial charge is 0.329 e. The summed E-state index contributed by atoms with van der Waals surface area (Å²) in [6.45, 7) is 2.71. The third-order valence-electron chi connectivity index (χ3n) is 2.99. The molecule has 0 rings (SSSR count). The molecule has 0 aliphatic heterocycles. The molecule has 8 N–H and O–H groups in total. The van der Waals surface area contributed by atoms with Crippen molar-refractivity contribution in [3.63, 3.8) is 0 Å². The maximum Gasteiger partial charge on any atom is 0.0177 e. The van der Waals surface area contributed by atoms with Gasteiger partial charge in [-0.1, -0.05) is 26.2 Å². The first-order valence-electron chi connectivity index (χ1n) is 6.56. The smallest absolute Gasteiger partial charge is 0.0177 e. The molecule has 0 saturated carbocycles. The summed E-state index contributed by atoms with van der Waals surface area (Å²) in [5, 5.41) is 0. The van der Waals surface area contributed by atoms with Gasteiger partial charge in [0.15, 0.2) is 0 Å². The quantitative estimate of drug-likeness (QED) is 0.443. The van der Waals surface area contributed by atoms with Crippen molar-refractivity contribution < 1.29 is 0 Å². The van der Waals surface area contributed by atoms with E-state index in [9.17, 15) is 0 Å². The summed E-state index contributed by atoms with van der Waals surface area (Å²) in [5.74, 6) is 0. The lowest BCUT2D eigenvalue weighted by molar-refractivity contribution is 0.453. The first-order valence-corrected chi connectivity index (χ1v) is 6.56. The fourth-order valence-corrected chi connectivity index (χ4v) is 1.86. The molecule has 3 unspecified atom stereocenters. The third-order valence-corrected chi connectivity index (χ3v) is 2.99. The second-order valence-electron chi connectivity index (χ2n) is 4.82. The molecule has 0 aliphatic carbocycles. The summed E-state index contributed by atoms with van der Waals surface area (Å²) < 4.78 is 0. The van der Waals surface area contributed by atoms with Crippen molar-refractivity contribution in [1.82, 2.24) is 0 Å². The fraction of sp³-hybridized carbons (Fsp3) is 1.00. The molecule has 98 valence electrons. The van der Waals surface area contributed by atoms with Crippen LogP contribution in [0.2, 0.25) is 0 Å². The van der Waals surface area contributed by atoms with Gasteiger partial charge in [-0.25, -0.2) is 0 Å². The molecule has 0 bridgehead atoms. The van der Waals surface area contributed by atoms with Gasteiger partial charge in [0, 0.05) is 24.7 Å². The van der Waals surface area contributed by atoms with E-state index in [4.69, 9.17) is 22.9 Å². The van der Waals surface area contributed by atoms with Gasteiger partial charge < -0.3 is 22.9 Å². The molecule has 0 saturated heterocycles. The summed E-state index contributed by atoms with van der Waals surface area (Å²) >= 11 is 0. The second-order valence-corrected chi connectivity index (χ2v) is 4.82. The van der Waals surface area contributed by atoms with Crippen LogP contribution in [-0.4, -0.2) is 24.7 Å². The monoisotopic (exact) mass is 230 g/mol. The Hall–Kier alpha value is -0.160. The van der Waals surface area contributed by atoms with Crippen molar-refractivity contribution in [3.05, 3.63) is 0 Å². The molecule has 0 aromatic carbocycles. The Morgan fingerprint density at radius 2 is 1.38 bits per heavy atom. The molecule has 0 heterocycles. The topological polar surface area (TPSA) is 104 Å². The molecular weight excluding hydrogens is 200 g/mol. The zero-order chi connectivity index (χ0) is 12.4. The van der Waals surface area contributed by atoms with Crippen LogP contribution in [0.15, 0.2) is 0 Å². The van der Waals surface area contributed by atoms with Crippen LogP contribution in [-0.2, 0) is 0 Å². The molecule has 16 heavy (non-hydrogen) atoms. The minimum Gasteiger partial charge on any atom is -0.329 e. The molecule has 0 aromatic heterocycles. The van der Waals surface area contributed by atoms with E-state index in [0.717, 1.165) is 32.1 Å². The SMILES string of the molecule is CCCCC(N)CCCC(N)CC(N)CN. The Morgan fingerprint density at radius 3 is 1.94 bits per heavy atom. The van der Waals surface area contributed by atoms with Gasteiger partial charge in [-0.05, 0) is 25.7 Å². The predicted molar refractivity (Wildman–Crippen MR) is 71.0 cm³/mol. The minimum atomic E-state index is 0.0452. The Labute approximate surface area is 100 Å². The van der Waals surface area contributed by atoms with Crippen LogP contribution in [0, 0.1) is 0 Å². The molecular formula is C12H30N4. The van der Waals surface area contributed by atoms with E-state index in [1.165, 1.54) is 12.8 Å². The highest BCUT2D eigenvalue weighted by atomic mass is 14.7. The van der Waals surface area contributed by atoms with E-state index >= 15 is 0 Å². The van der Waals surface area contributed by atoms with E-state index in [2.05, 4.69) is 6.92 Å². The third kappa shape index (κ3) is 9.09. The molecule has 0 spiro atoms. The number of rotatable bonds is 10. The van der Waals surface area contributed by atoms with E-state index in [-0.39, 0.29) is 12.1 Å². The first kappa shape index (κ1) is 15.8. The Balaban J connectivity index is 3.42. The molecule has 0 fully saturated rings. The van der Waals surface area contributed by atoms with Crippen LogP contribution < -0.4 is 22.9 Å². The zero-order valence-electron chi connectivity index (χ0n) is 10.7. The normalized spacial score (nSPS) is 17.1. The zero-order valence-corrected chi connectivity index (χ0v) is 10.7. The first-order chi connectivity index (χ1) is 7.60. The lowest BCUT2D eigenvalue weighted by Crippen LogP contribution is -2.36. The van der Waals surface area contributed by atoms with Crippen molar-refractivity contribution in [1.29, 1.82) is 0 Å². The predicted octanol–water partition coefficient (Wildman–Crippen LogP) is 0.678. The second kappa shape index (κ2) is 10.0. The van der Waals surface area contributed by atoms with Crippen molar-refractivity contribution in [2.24, 2.45) is 22.9 Å². The van der Waals surface area contributed by atoms with Crippen molar-refractivity contribution in [2.75, 3.05) is 6.54 Å². The van der Waals surface area contributed by atoms with Gasteiger partial charge in [0.1, 0.15) is 0 Å². The van der Waals surface area contributed by atoms with E-state index < -0.39 is 0 Å². The van der Waals surface area contributed by atoms with Crippen LogP contribution >= 0.6 is 0 Å². The summed E-state index contributed by atoms with van der Waals surface area (Å²) in [7, 11) is 0. The standard InChI is InChI=1S/C12H30N4/c1-2-3-5-10(14)6-4-7-11(15)8-12(16)9-13/h10-12H,2-9,13-16H2,1H3. The number of unbranched alkanes of at least 4 members (excludes halogenated alkanes) is 1. The maximum atomic E-state index is 5.99. The van der Waals surface area contributed by atoms with Crippen LogP contribution in [0.4, 0.5) is 0 Å². The lowest BCUT2D eigenvalue weighted by atomic mass is 9.99. The van der Waals surface area contributed by atoms with Gasteiger partial charge in [0.25, 0.3) is 0 Å². The summed E-state index contributed by atoms with van der Waals surface area (Å²) in [5.41, 5.74) is 23.1. The highest BCUT2D eigenvalue weighted by Gasteiger charge is 2.09. The van der Waals surface area contributed by atoms with Gasteiger partial charge in [-0.3, -0.25) is 0 Å². The van der Waals surface area contributed by atoms with Gasteiger partial charge in [-0.2, -0.15) is 0 Å². The Bertz CT molecular complexity index is 152. The summed E-state index contributed by atoms with van der Waals surface area (Å²) in [6, 6.07) is 0.566. The van der Waals surface area contributed by atoms with E-state index in [1.807, 2.05) is 0 Å². The van der Waals surface area contributed by atoms with Crippen molar-refractivity contribution >= 4 is 0 Å². The van der Waals surface area contributed by atoms with Crippen LogP contribution in [0.3, 0.4) is 0 Å². The highest BCUT2D eigenvalue weighted by Crippen LogP contribution is 2.09. The van der Waals surface area contributed by atoms with Crippen LogP contribution in [0.1, 0.15) is 51.9 Å². The Kier molecular flexibility index (Phi) is 9.92. The minimum absolute atomic E-state index is 0.0452. The van der Waals surface area contributed by atoms with E-state index in [0.29, 0.717) is 12.6 Å². The van der Waals surface area contributed by atoms with Gasteiger partial charge >= 0.3 is 0 Å². The van der Waals surface area contributed by atoms with Crippen molar-refractivity contribution in [3.8, 4) is 0 Å². The maximum absolute atomic E-state index is 5.99. The van der Waals surface area contributed by atoms with Crippen LogP contribution in [0.25, 0.3) is 0 Å². The molecule has 0 amide bonds.